The monoisotopic (exact) mass is 657 g/mol. The highest BCUT2D eigenvalue weighted by molar-refractivity contribution is 7.99. The number of ether oxygens (including phenoxy) is 2. The summed E-state index contributed by atoms with van der Waals surface area (Å²) in [5.41, 5.74) is 3.11. The van der Waals surface area contributed by atoms with Crippen LogP contribution < -0.4 is 19.7 Å². The van der Waals surface area contributed by atoms with Crippen LogP contribution in [0.25, 0.3) is 11.0 Å². The Balaban J connectivity index is 1.36. The molecule has 0 bridgehead atoms. The van der Waals surface area contributed by atoms with Gasteiger partial charge in [0.15, 0.2) is 17.4 Å². The number of fused-ring (bicyclic) bond motifs is 1. The van der Waals surface area contributed by atoms with Gasteiger partial charge in [-0.15, -0.1) is 0 Å². The van der Waals surface area contributed by atoms with Gasteiger partial charge >= 0.3 is 0 Å². The fraction of sp³-hybridized carbons (Fsp3) is 0.382. The van der Waals surface area contributed by atoms with Crippen molar-refractivity contribution < 1.29 is 14.3 Å². The topological polar surface area (TPSA) is 112 Å². The number of nitrogens with zero attached hydrogens (tertiary/aromatic N) is 8. The summed E-state index contributed by atoms with van der Waals surface area (Å²) in [6.45, 7) is 7.83. The molecule has 1 amide bonds. The average molecular weight is 658 g/mol. The van der Waals surface area contributed by atoms with Crippen molar-refractivity contribution in [3.05, 3.63) is 72.4 Å². The van der Waals surface area contributed by atoms with Gasteiger partial charge in [-0.3, -0.25) is 9.80 Å². The zero-order valence-corrected chi connectivity index (χ0v) is 28.7. The first-order valence-electron chi connectivity index (χ1n) is 15.5. The van der Waals surface area contributed by atoms with Crippen molar-refractivity contribution in [1.82, 2.24) is 29.8 Å². The van der Waals surface area contributed by atoms with Crippen LogP contribution in [-0.2, 0) is 4.79 Å². The van der Waals surface area contributed by atoms with Crippen LogP contribution in [0.5, 0.6) is 11.5 Å². The standard InChI is InChI=1S/C34H43N9O3S/c1-7-37-43-15-12-26(13-16-43)46-29-11-10-25(19-24(29)2)38-33-32-28(35-23-36-33)20-30(45-5)34(39-32)42-18-17-41(21-27(22-42)47-6)31(44)9-8-14-40(3)4/h7-13,15,19-20,23,27H,14,16-18,21-22H2,1-6H3,(H,35,36,38)/b9-8+,37-7-. The summed E-state index contributed by atoms with van der Waals surface area (Å²) in [4.78, 5) is 33.3. The number of nitrogens with one attached hydrogen (secondary N) is 1. The lowest BCUT2D eigenvalue weighted by Gasteiger charge is -2.26. The number of hydrogen-bond donors (Lipinski definition) is 1. The third kappa shape index (κ3) is 8.60. The normalized spacial score (nSPS) is 17.1. The van der Waals surface area contributed by atoms with Crippen LogP contribution in [0.3, 0.4) is 0 Å². The molecule has 4 heterocycles. The lowest BCUT2D eigenvalue weighted by molar-refractivity contribution is -0.125. The number of anilines is 3. The Hall–Kier alpha value is -4.62. The Morgan fingerprint density at radius 2 is 2.04 bits per heavy atom. The Morgan fingerprint density at radius 1 is 1.19 bits per heavy atom. The van der Waals surface area contributed by atoms with E-state index >= 15 is 0 Å². The Labute approximate surface area is 280 Å². The lowest BCUT2D eigenvalue weighted by atomic mass is 10.2. The number of aryl methyl sites for hydroxylation is 1. The van der Waals surface area contributed by atoms with Gasteiger partial charge in [-0.1, -0.05) is 6.08 Å². The first kappa shape index (κ1) is 33.7. The first-order chi connectivity index (χ1) is 22.8. The number of aromatic nitrogens is 3. The maximum Gasteiger partial charge on any atom is 0.246 e. The minimum Gasteiger partial charge on any atom is -0.493 e. The number of allylic oxidation sites excluding steroid dienone is 1. The summed E-state index contributed by atoms with van der Waals surface area (Å²) in [7, 11) is 5.61. The molecular formula is C34H43N9O3S. The molecule has 5 rings (SSSR count). The quantitative estimate of drug-likeness (QED) is 0.229. The van der Waals surface area contributed by atoms with Crippen LogP contribution in [0.1, 0.15) is 12.5 Å². The van der Waals surface area contributed by atoms with Crippen LogP contribution >= 0.6 is 11.8 Å². The number of amides is 1. The molecule has 13 heteroatoms. The summed E-state index contributed by atoms with van der Waals surface area (Å²) in [6.07, 6.45) is 14.7. The van der Waals surface area contributed by atoms with Crippen molar-refractivity contribution in [2.24, 2.45) is 5.10 Å². The second-order valence-electron chi connectivity index (χ2n) is 11.5. The number of benzene rings is 1. The van der Waals surface area contributed by atoms with E-state index in [9.17, 15) is 4.79 Å². The van der Waals surface area contributed by atoms with Crippen LogP contribution in [0.15, 0.2) is 72.0 Å². The number of carbonyl (C=O) groups is 1. The molecule has 12 nitrogen and oxygen atoms in total. The molecule has 3 aromatic rings. The number of hydrazone groups is 1. The number of methoxy groups -OCH3 is 1. The largest absolute Gasteiger partial charge is 0.493 e. The van der Waals surface area contributed by atoms with Gasteiger partial charge in [0.2, 0.25) is 5.91 Å². The highest BCUT2D eigenvalue weighted by Gasteiger charge is 2.27. The zero-order chi connectivity index (χ0) is 33.3. The lowest BCUT2D eigenvalue weighted by Crippen LogP contribution is -2.35. The summed E-state index contributed by atoms with van der Waals surface area (Å²) >= 11 is 1.75. The van der Waals surface area contributed by atoms with Crippen LogP contribution in [0.4, 0.5) is 17.3 Å². The first-order valence-corrected chi connectivity index (χ1v) is 16.8. The van der Waals surface area contributed by atoms with Crippen LogP contribution in [0.2, 0.25) is 0 Å². The second-order valence-corrected chi connectivity index (χ2v) is 12.6. The number of thioether (sulfide) groups is 1. The molecule has 1 saturated heterocycles. The van der Waals surface area contributed by atoms with Crippen molar-refractivity contribution in [2.75, 3.05) is 76.9 Å². The molecule has 2 aliphatic heterocycles. The molecule has 1 N–H and O–H groups in total. The summed E-state index contributed by atoms with van der Waals surface area (Å²) < 4.78 is 12.0. The van der Waals surface area contributed by atoms with Crippen LogP contribution in [-0.4, -0.2) is 114 Å². The van der Waals surface area contributed by atoms with E-state index in [1.807, 2.05) is 91.4 Å². The predicted octanol–water partition coefficient (Wildman–Crippen LogP) is 4.68. The Kier molecular flexibility index (Phi) is 11.3. The molecule has 1 aromatic carbocycles. The number of hydrogen-bond acceptors (Lipinski definition) is 12. The van der Waals surface area contributed by atoms with Crippen molar-refractivity contribution in [1.29, 1.82) is 0 Å². The molecular weight excluding hydrogens is 615 g/mol. The molecule has 0 radical (unpaired) electrons. The molecule has 0 spiro atoms. The highest BCUT2D eigenvalue weighted by atomic mass is 32.2. The van der Waals surface area contributed by atoms with E-state index in [-0.39, 0.29) is 11.2 Å². The number of pyridine rings is 1. The SMILES string of the molecule is C/C=N\N1C=CC(Oc2ccc(Nc3ncnc4cc(OC)c(N5CCN(C(=O)/C=C/CN(C)C)CC(SC)C5)nc34)cc2C)=CC1. The minimum absolute atomic E-state index is 0.0260. The van der Waals surface area contributed by atoms with Gasteiger partial charge in [-0.05, 0) is 70.1 Å². The molecule has 2 aliphatic rings. The fourth-order valence-electron chi connectivity index (χ4n) is 5.30. The Morgan fingerprint density at radius 3 is 2.74 bits per heavy atom. The van der Waals surface area contributed by atoms with Gasteiger partial charge < -0.3 is 29.5 Å². The van der Waals surface area contributed by atoms with E-state index in [0.717, 1.165) is 29.3 Å². The molecule has 248 valence electrons. The van der Waals surface area contributed by atoms with Crippen LogP contribution in [0, 0.1) is 6.92 Å². The van der Waals surface area contributed by atoms with E-state index in [1.54, 1.807) is 31.2 Å². The Bertz CT molecular complexity index is 1690. The number of rotatable bonds is 11. The molecule has 2 aromatic heterocycles. The van der Waals surface area contributed by atoms with Gasteiger partial charge in [0, 0.05) is 68.2 Å². The molecule has 1 fully saturated rings. The minimum atomic E-state index is 0.0260. The maximum absolute atomic E-state index is 13.0. The zero-order valence-electron chi connectivity index (χ0n) is 27.9. The second kappa shape index (κ2) is 15.8. The smallest absolute Gasteiger partial charge is 0.246 e. The van der Waals surface area contributed by atoms with Crippen molar-refractivity contribution >= 4 is 52.2 Å². The molecule has 47 heavy (non-hydrogen) atoms. The maximum atomic E-state index is 13.0. The van der Waals surface area contributed by atoms with Gasteiger partial charge in [-0.25, -0.2) is 15.0 Å². The predicted molar refractivity (Wildman–Crippen MR) is 191 cm³/mol. The molecule has 0 saturated carbocycles. The van der Waals surface area contributed by atoms with E-state index in [2.05, 4.69) is 31.5 Å². The fourth-order valence-corrected chi connectivity index (χ4v) is 5.96. The van der Waals surface area contributed by atoms with E-state index in [0.29, 0.717) is 61.1 Å². The molecule has 1 atom stereocenters. The van der Waals surface area contributed by atoms with Crippen molar-refractivity contribution in [3.63, 3.8) is 0 Å². The van der Waals surface area contributed by atoms with E-state index in [1.165, 1.54) is 6.33 Å². The van der Waals surface area contributed by atoms with Gasteiger partial charge in [0.1, 0.15) is 23.4 Å². The van der Waals surface area contributed by atoms with Crippen molar-refractivity contribution in [3.8, 4) is 11.5 Å². The van der Waals surface area contributed by atoms with E-state index < -0.39 is 0 Å². The third-order valence-electron chi connectivity index (χ3n) is 7.76. The van der Waals surface area contributed by atoms with Gasteiger partial charge in [0.25, 0.3) is 0 Å². The summed E-state index contributed by atoms with van der Waals surface area (Å²) in [6, 6.07) is 7.82. The van der Waals surface area contributed by atoms with Gasteiger partial charge in [0.05, 0.1) is 19.2 Å². The highest BCUT2D eigenvalue weighted by Crippen LogP contribution is 2.34. The molecule has 1 unspecified atom stereocenters. The van der Waals surface area contributed by atoms with Crippen molar-refractivity contribution in [2.45, 2.75) is 19.1 Å². The number of carbonyl (C=O) groups excluding carboxylic acids is 1. The number of likely N-dealkylation sites (N-methyl/N-ethyl adjacent to an activating group) is 1. The van der Waals surface area contributed by atoms with Gasteiger partial charge in [-0.2, -0.15) is 16.9 Å². The third-order valence-corrected chi connectivity index (χ3v) is 8.72. The average Bonchev–Trinajstić information content (AvgIpc) is 3.29. The summed E-state index contributed by atoms with van der Waals surface area (Å²) in [5.74, 6) is 3.47. The van der Waals surface area contributed by atoms with E-state index in [4.69, 9.17) is 14.5 Å². The summed E-state index contributed by atoms with van der Waals surface area (Å²) in [5, 5.41) is 9.73. The molecule has 0 aliphatic carbocycles.